The van der Waals surface area contributed by atoms with E-state index in [4.69, 9.17) is 4.18 Å². The predicted molar refractivity (Wildman–Crippen MR) is 56.6 cm³/mol. The van der Waals surface area contributed by atoms with Gasteiger partial charge in [0, 0.05) is 5.56 Å². The van der Waals surface area contributed by atoms with Crippen LogP contribution in [-0.4, -0.2) is 4.21 Å². The third-order valence-corrected chi connectivity index (χ3v) is 5.56. The summed E-state index contributed by atoms with van der Waals surface area (Å²) in [6, 6.07) is 2.09. The van der Waals surface area contributed by atoms with E-state index in [1.165, 1.54) is 24.8 Å². The second-order valence-electron chi connectivity index (χ2n) is 3.99. The maximum atomic E-state index is 11.7. The second-order valence-corrected chi connectivity index (χ2v) is 6.21. The molecule has 1 aromatic heterocycles. The topological polar surface area (TPSA) is 26.3 Å². The number of hydrogen-bond acceptors (Lipinski definition) is 3. The SMILES string of the molecule is O=S1OC2(CCCCC2)c2ccsc21. The molecule has 1 aromatic rings. The van der Waals surface area contributed by atoms with Gasteiger partial charge in [-0.3, -0.25) is 4.18 Å². The third kappa shape index (κ3) is 1.14. The number of hydrogen-bond donors (Lipinski definition) is 0. The van der Waals surface area contributed by atoms with Gasteiger partial charge < -0.3 is 0 Å². The second kappa shape index (κ2) is 3.15. The van der Waals surface area contributed by atoms with Gasteiger partial charge in [-0.1, -0.05) is 19.3 Å². The van der Waals surface area contributed by atoms with Crippen LogP contribution in [0.5, 0.6) is 0 Å². The summed E-state index contributed by atoms with van der Waals surface area (Å²) in [6.45, 7) is 0. The summed E-state index contributed by atoms with van der Waals surface area (Å²) in [7, 11) is 0. The lowest BCUT2D eigenvalue weighted by Gasteiger charge is -2.31. The molecule has 0 bridgehead atoms. The molecule has 3 rings (SSSR count). The highest BCUT2D eigenvalue weighted by atomic mass is 32.2. The Morgan fingerprint density at radius 2 is 2.14 bits per heavy atom. The Hall–Kier alpha value is -0.190. The molecule has 2 aliphatic rings. The Balaban J connectivity index is 2.07. The number of thiophene rings is 1. The van der Waals surface area contributed by atoms with Crippen molar-refractivity contribution in [2.75, 3.05) is 0 Å². The first-order valence-corrected chi connectivity index (χ1v) is 6.97. The monoisotopic (exact) mass is 228 g/mol. The Morgan fingerprint density at radius 1 is 1.36 bits per heavy atom. The molecule has 1 spiro atoms. The molecule has 1 saturated carbocycles. The summed E-state index contributed by atoms with van der Waals surface area (Å²) in [6.07, 6.45) is 5.78. The summed E-state index contributed by atoms with van der Waals surface area (Å²) in [4.78, 5) is 0. The minimum Gasteiger partial charge on any atom is -0.274 e. The molecule has 0 aromatic carbocycles. The fraction of sp³-hybridized carbons (Fsp3) is 0.600. The van der Waals surface area contributed by atoms with Gasteiger partial charge in [-0.05, 0) is 24.3 Å². The van der Waals surface area contributed by atoms with Gasteiger partial charge in [-0.25, -0.2) is 4.21 Å². The smallest absolute Gasteiger partial charge is 0.200 e. The Labute approximate surface area is 89.9 Å². The van der Waals surface area contributed by atoms with Gasteiger partial charge >= 0.3 is 0 Å². The lowest BCUT2D eigenvalue weighted by molar-refractivity contribution is 0.0508. The fourth-order valence-electron chi connectivity index (χ4n) is 2.47. The molecule has 0 saturated heterocycles. The molecule has 1 unspecified atom stereocenters. The molecule has 0 radical (unpaired) electrons. The first-order valence-electron chi connectivity index (χ1n) is 5.01. The Bertz CT molecular complexity index is 377. The van der Waals surface area contributed by atoms with E-state index >= 15 is 0 Å². The molecule has 1 aliphatic heterocycles. The average Bonchev–Trinajstić information content (AvgIpc) is 2.74. The summed E-state index contributed by atoms with van der Waals surface area (Å²) in [5.41, 5.74) is 1.03. The fourth-order valence-corrected chi connectivity index (χ4v) is 4.81. The maximum absolute atomic E-state index is 11.7. The number of rotatable bonds is 0. The third-order valence-electron chi connectivity index (χ3n) is 3.17. The molecular weight excluding hydrogens is 216 g/mol. The van der Waals surface area contributed by atoms with Gasteiger partial charge in [-0.15, -0.1) is 11.3 Å². The standard InChI is InChI=1S/C10H12O2S2/c11-14-9-8(4-7-13-9)10(12-14)5-2-1-3-6-10/h4,7H,1-3,5-6H2. The van der Waals surface area contributed by atoms with Crippen LogP contribution in [-0.2, 0) is 20.9 Å². The normalized spacial score (nSPS) is 29.3. The molecule has 4 heteroatoms. The van der Waals surface area contributed by atoms with E-state index < -0.39 is 11.1 Å². The molecule has 2 heterocycles. The zero-order valence-electron chi connectivity index (χ0n) is 7.82. The highest BCUT2D eigenvalue weighted by Gasteiger charge is 2.45. The van der Waals surface area contributed by atoms with Crippen molar-refractivity contribution in [3.63, 3.8) is 0 Å². The van der Waals surface area contributed by atoms with Gasteiger partial charge in [0.15, 0.2) is 0 Å². The molecule has 14 heavy (non-hydrogen) atoms. The van der Waals surface area contributed by atoms with Crippen LogP contribution in [0.25, 0.3) is 0 Å². The lowest BCUT2D eigenvalue weighted by atomic mass is 9.81. The quantitative estimate of drug-likeness (QED) is 0.682. The van der Waals surface area contributed by atoms with Crippen molar-refractivity contribution in [3.05, 3.63) is 17.0 Å². The predicted octanol–water partition coefficient (Wildman–Crippen LogP) is 2.96. The van der Waals surface area contributed by atoms with Gasteiger partial charge in [0.05, 0.1) is 0 Å². The minimum absolute atomic E-state index is 0.182. The summed E-state index contributed by atoms with van der Waals surface area (Å²) in [5.74, 6) is 0. The Morgan fingerprint density at radius 3 is 2.93 bits per heavy atom. The van der Waals surface area contributed by atoms with Crippen LogP contribution >= 0.6 is 11.3 Å². The van der Waals surface area contributed by atoms with Crippen molar-refractivity contribution in [1.82, 2.24) is 0 Å². The first-order chi connectivity index (χ1) is 6.82. The van der Waals surface area contributed by atoms with Crippen molar-refractivity contribution in [2.45, 2.75) is 41.9 Å². The van der Waals surface area contributed by atoms with E-state index in [0.717, 1.165) is 17.1 Å². The molecule has 1 aliphatic carbocycles. The summed E-state index contributed by atoms with van der Waals surface area (Å²) < 4.78 is 18.3. The van der Waals surface area contributed by atoms with E-state index in [1.54, 1.807) is 11.3 Å². The van der Waals surface area contributed by atoms with Gasteiger partial charge in [0.2, 0.25) is 11.1 Å². The zero-order valence-corrected chi connectivity index (χ0v) is 9.46. The van der Waals surface area contributed by atoms with Crippen molar-refractivity contribution < 1.29 is 8.39 Å². The molecule has 0 amide bonds. The van der Waals surface area contributed by atoms with Crippen LogP contribution in [0.3, 0.4) is 0 Å². The molecule has 1 atom stereocenters. The van der Waals surface area contributed by atoms with Crippen molar-refractivity contribution >= 4 is 22.4 Å². The highest BCUT2D eigenvalue weighted by Crippen LogP contribution is 2.50. The molecule has 2 nitrogen and oxygen atoms in total. The van der Waals surface area contributed by atoms with Gasteiger partial charge in [0.25, 0.3) is 0 Å². The van der Waals surface area contributed by atoms with E-state index in [9.17, 15) is 4.21 Å². The van der Waals surface area contributed by atoms with Gasteiger partial charge in [-0.2, -0.15) is 0 Å². The van der Waals surface area contributed by atoms with Gasteiger partial charge in [0.1, 0.15) is 9.81 Å². The number of fused-ring (bicyclic) bond motifs is 2. The molecule has 76 valence electrons. The average molecular weight is 228 g/mol. The van der Waals surface area contributed by atoms with Crippen LogP contribution in [0.1, 0.15) is 37.7 Å². The zero-order chi connectivity index (χ0) is 9.60. The van der Waals surface area contributed by atoms with E-state index in [1.807, 2.05) is 5.38 Å². The van der Waals surface area contributed by atoms with E-state index in [-0.39, 0.29) is 5.60 Å². The largest absolute Gasteiger partial charge is 0.274 e. The van der Waals surface area contributed by atoms with Crippen LogP contribution in [0.4, 0.5) is 0 Å². The van der Waals surface area contributed by atoms with Crippen LogP contribution in [0, 0.1) is 0 Å². The maximum Gasteiger partial charge on any atom is 0.200 e. The highest BCUT2D eigenvalue weighted by molar-refractivity contribution is 7.83. The first kappa shape index (κ1) is 9.07. The van der Waals surface area contributed by atoms with Crippen molar-refractivity contribution in [3.8, 4) is 0 Å². The Kier molecular flexibility index (Phi) is 2.04. The summed E-state index contributed by atoms with van der Waals surface area (Å²) in [5, 5.41) is 2.03. The molecule has 1 fully saturated rings. The molecular formula is C10H12O2S2. The van der Waals surface area contributed by atoms with Crippen LogP contribution in [0.15, 0.2) is 15.7 Å². The lowest BCUT2D eigenvalue weighted by Crippen LogP contribution is -2.28. The molecule has 0 N–H and O–H groups in total. The van der Waals surface area contributed by atoms with Crippen molar-refractivity contribution in [1.29, 1.82) is 0 Å². The van der Waals surface area contributed by atoms with E-state index in [0.29, 0.717) is 0 Å². The minimum atomic E-state index is -1.19. The van der Waals surface area contributed by atoms with E-state index in [2.05, 4.69) is 6.07 Å². The summed E-state index contributed by atoms with van der Waals surface area (Å²) >= 11 is 0.378. The van der Waals surface area contributed by atoms with Crippen LogP contribution < -0.4 is 0 Å². The van der Waals surface area contributed by atoms with Crippen LogP contribution in [0.2, 0.25) is 0 Å². The van der Waals surface area contributed by atoms with Crippen molar-refractivity contribution in [2.24, 2.45) is 0 Å².